The van der Waals surface area contributed by atoms with Gasteiger partial charge in [0.05, 0.1) is 16.1 Å². The lowest BCUT2D eigenvalue weighted by atomic mass is 10.1. The first-order valence-corrected chi connectivity index (χ1v) is 9.19. The summed E-state index contributed by atoms with van der Waals surface area (Å²) in [6.45, 7) is 0. The summed E-state index contributed by atoms with van der Waals surface area (Å²) in [6.07, 6.45) is -5.24. The van der Waals surface area contributed by atoms with E-state index in [0.717, 1.165) is 10.6 Å². The molecule has 0 atom stereocenters. The summed E-state index contributed by atoms with van der Waals surface area (Å²) in [4.78, 5) is 26.3. The van der Waals surface area contributed by atoms with Crippen molar-refractivity contribution in [1.82, 2.24) is 19.7 Å². The van der Waals surface area contributed by atoms with E-state index in [1.54, 1.807) is 6.07 Å². The second-order valence-electron chi connectivity index (χ2n) is 6.02. The zero-order valence-electron chi connectivity index (χ0n) is 14.9. The minimum Gasteiger partial charge on any atom is -0.451 e. The molecule has 2 N–H and O–H groups in total. The van der Waals surface area contributed by atoms with E-state index in [9.17, 15) is 22.8 Å². The lowest BCUT2D eigenvalue weighted by Gasteiger charge is -2.17. The summed E-state index contributed by atoms with van der Waals surface area (Å²) in [6, 6.07) is 5.39. The third kappa shape index (κ3) is 4.27. The second kappa shape index (κ2) is 8.00. The average Bonchev–Trinajstić information content (AvgIpc) is 2.96. The van der Waals surface area contributed by atoms with Crippen LogP contribution in [0.25, 0.3) is 0 Å². The second-order valence-corrected chi connectivity index (χ2v) is 7.25. The number of ether oxygens (including phenoxy) is 1. The maximum absolute atomic E-state index is 13.8. The number of pyridine rings is 1. The van der Waals surface area contributed by atoms with Crippen molar-refractivity contribution in [2.24, 2.45) is 7.05 Å². The maximum atomic E-state index is 13.8. The van der Waals surface area contributed by atoms with Gasteiger partial charge in [0.1, 0.15) is 17.1 Å². The lowest BCUT2D eigenvalue weighted by molar-refractivity contribution is -0.139. The number of nitrogens with one attached hydrogen (secondary N) is 2. The fraction of sp³-hybridized carbons (Fsp3) is 0.176. The van der Waals surface area contributed by atoms with E-state index < -0.39 is 33.2 Å². The number of benzene rings is 1. The van der Waals surface area contributed by atoms with Crippen LogP contribution in [0.2, 0.25) is 5.02 Å². The highest BCUT2D eigenvalue weighted by Crippen LogP contribution is 2.42. The Hall–Kier alpha value is -3.04. The zero-order chi connectivity index (χ0) is 22.2. The fourth-order valence-corrected chi connectivity index (χ4v) is 3.45. The molecule has 0 bridgehead atoms. The Bertz CT molecular complexity index is 1290. The topological polar surface area (TPSA) is 117 Å². The zero-order valence-corrected chi connectivity index (χ0v) is 17.2. The summed E-state index contributed by atoms with van der Waals surface area (Å²) < 4.78 is 47.2. The van der Waals surface area contributed by atoms with Gasteiger partial charge in [-0.15, -0.1) is 0 Å². The molecule has 0 fully saturated rings. The van der Waals surface area contributed by atoms with Gasteiger partial charge in [-0.2, -0.15) is 23.5 Å². The molecule has 3 rings (SSSR count). The van der Waals surface area contributed by atoms with Crippen LogP contribution in [0.5, 0.6) is 11.5 Å². The molecule has 0 saturated heterocycles. The molecule has 1 aromatic carbocycles. The van der Waals surface area contributed by atoms with E-state index in [1.165, 1.54) is 19.2 Å². The summed E-state index contributed by atoms with van der Waals surface area (Å²) in [5.74, 6) is -1.14. The Morgan fingerprint density at radius 3 is 2.60 bits per heavy atom. The van der Waals surface area contributed by atoms with Crippen molar-refractivity contribution in [3.8, 4) is 17.6 Å². The molecule has 156 valence electrons. The van der Waals surface area contributed by atoms with Crippen LogP contribution in [0.3, 0.4) is 0 Å². The Labute approximate surface area is 179 Å². The number of nitrogens with zero attached hydrogens (tertiary/aromatic N) is 3. The molecule has 3 aromatic rings. The first kappa shape index (κ1) is 21.7. The standard InChI is InChI=1S/C17H10BrClF3N5O3/c1-27-11(25-26-16(27)29)5-10-13(18)12(17(20,21)22)14(15(28)24-10)30-9-3-7(6-23)2-8(19)4-9/h2-4H,5H2,1H3,(H,24,28)(H,26,29). The Kier molecular flexibility index (Phi) is 5.78. The minimum atomic E-state index is -4.97. The number of nitriles is 1. The van der Waals surface area contributed by atoms with Gasteiger partial charge in [0, 0.05) is 24.2 Å². The monoisotopic (exact) mass is 503 g/mol. The van der Waals surface area contributed by atoms with Gasteiger partial charge in [-0.3, -0.25) is 9.36 Å². The Morgan fingerprint density at radius 2 is 2.03 bits per heavy atom. The van der Waals surface area contributed by atoms with Crippen LogP contribution in [-0.2, 0) is 19.6 Å². The van der Waals surface area contributed by atoms with Crippen molar-refractivity contribution in [3.63, 3.8) is 0 Å². The molecule has 0 unspecified atom stereocenters. The first-order valence-electron chi connectivity index (χ1n) is 8.02. The first-order chi connectivity index (χ1) is 14.0. The van der Waals surface area contributed by atoms with Crippen molar-refractivity contribution in [2.45, 2.75) is 12.6 Å². The highest BCUT2D eigenvalue weighted by atomic mass is 79.9. The van der Waals surface area contributed by atoms with Crippen LogP contribution in [0.4, 0.5) is 13.2 Å². The van der Waals surface area contributed by atoms with Gasteiger partial charge < -0.3 is 9.72 Å². The van der Waals surface area contributed by atoms with Gasteiger partial charge in [0.2, 0.25) is 5.75 Å². The number of aromatic amines is 2. The van der Waals surface area contributed by atoms with Crippen LogP contribution >= 0.6 is 27.5 Å². The highest BCUT2D eigenvalue weighted by Gasteiger charge is 2.40. The summed E-state index contributed by atoms with van der Waals surface area (Å²) in [5.41, 5.74) is -3.21. The third-order valence-electron chi connectivity index (χ3n) is 3.99. The predicted octanol–water partition coefficient (Wildman–Crippen LogP) is 3.49. The van der Waals surface area contributed by atoms with E-state index in [4.69, 9.17) is 21.6 Å². The van der Waals surface area contributed by atoms with Gasteiger partial charge in [0.15, 0.2) is 0 Å². The van der Waals surface area contributed by atoms with Crippen molar-refractivity contribution in [3.05, 3.63) is 71.2 Å². The van der Waals surface area contributed by atoms with Crippen LogP contribution in [-0.4, -0.2) is 19.7 Å². The number of halogens is 5. The number of aromatic nitrogens is 4. The van der Waals surface area contributed by atoms with Gasteiger partial charge in [0.25, 0.3) is 5.56 Å². The van der Waals surface area contributed by atoms with Crippen molar-refractivity contribution in [1.29, 1.82) is 5.26 Å². The van der Waals surface area contributed by atoms with Gasteiger partial charge in [-0.05, 0) is 34.1 Å². The summed E-state index contributed by atoms with van der Waals surface area (Å²) >= 11 is 8.71. The molecule has 8 nitrogen and oxygen atoms in total. The molecular formula is C17H10BrClF3N5O3. The molecular weight excluding hydrogens is 495 g/mol. The van der Waals surface area contributed by atoms with E-state index in [-0.39, 0.29) is 34.3 Å². The van der Waals surface area contributed by atoms with Crippen LogP contribution in [0.15, 0.2) is 32.3 Å². The number of H-pyrrole nitrogens is 2. The molecule has 2 aromatic heterocycles. The SMILES string of the molecule is Cn1c(Cc2[nH]c(=O)c(Oc3cc(Cl)cc(C#N)c3)c(C(F)(F)F)c2Br)n[nH]c1=O. The fourth-order valence-electron chi connectivity index (χ4n) is 2.58. The van der Waals surface area contributed by atoms with Crippen LogP contribution in [0.1, 0.15) is 22.6 Å². The minimum absolute atomic E-state index is 0.0395. The number of hydrogen-bond donors (Lipinski definition) is 2. The molecule has 2 heterocycles. The molecule has 0 aliphatic carbocycles. The van der Waals surface area contributed by atoms with E-state index in [2.05, 4.69) is 31.1 Å². The van der Waals surface area contributed by atoms with Crippen molar-refractivity contribution < 1.29 is 17.9 Å². The van der Waals surface area contributed by atoms with Gasteiger partial charge in [-0.25, -0.2) is 9.89 Å². The molecule has 30 heavy (non-hydrogen) atoms. The normalized spacial score (nSPS) is 11.4. The molecule has 0 aliphatic heterocycles. The number of rotatable bonds is 4. The summed E-state index contributed by atoms with van der Waals surface area (Å²) in [7, 11) is 1.38. The quantitative estimate of drug-likeness (QED) is 0.564. The molecule has 0 amide bonds. The van der Waals surface area contributed by atoms with Crippen LogP contribution in [0, 0.1) is 11.3 Å². The van der Waals surface area contributed by atoms with Crippen molar-refractivity contribution in [2.75, 3.05) is 0 Å². The lowest BCUT2D eigenvalue weighted by Crippen LogP contribution is -2.21. The van der Waals surface area contributed by atoms with Crippen molar-refractivity contribution >= 4 is 27.5 Å². The molecule has 0 spiro atoms. The number of alkyl halides is 3. The average molecular weight is 505 g/mol. The number of hydrogen-bond acceptors (Lipinski definition) is 5. The van der Waals surface area contributed by atoms with E-state index in [0.29, 0.717) is 0 Å². The van der Waals surface area contributed by atoms with Gasteiger partial charge in [-0.1, -0.05) is 11.6 Å². The Morgan fingerprint density at radius 1 is 1.33 bits per heavy atom. The molecule has 13 heteroatoms. The predicted molar refractivity (Wildman–Crippen MR) is 103 cm³/mol. The van der Waals surface area contributed by atoms with Gasteiger partial charge >= 0.3 is 11.9 Å². The molecule has 0 radical (unpaired) electrons. The molecule has 0 saturated carbocycles. The smallest absolute Gasteiger partial charge is 0.421 e. The highest BCUT2D eigenvalue weighted by molar-refractivity contribution is 9.10. The summed E-state index contributed by atoms with van der Waals surface area (Å²) in [5, 5.41) is 14.9. The van der Waals surface area contributed by atoms with E-state index >= 15 is 0 Å². The Balaban J connectivity index is 2.15. The largest absolute Gasteiger partial charge is 0.451 e. The van der Waals surface area contributed by atoms with E-state index in [1.807, 2.05) is 0 Å². The third-order valence-corrected chi connectivity index (χ3v) is 5.09. The van der Waals surface area contributed by atoms with Crippen LogP contribution < -0.4 is 16.0 Å². The maximum Gasteiger partial charge on any atom is 0.421 e. The molecule has 0 aliphatic rings.